The fourth-order valence-corrected chi connectivity index (χ4v) is 4.74. The standard InChI is InChI=1S/C28H15N3/c29-16-20-8-5-11-24(23(20)17-30)31-25-14-12-18-6-1-3-9-21(18)27(25)28-22-10-4-2-7-19(22)13-15-26(28)31/h1-15H. The van der Waals surface area contributed by atoms with Crippen LogP contribution in [0.15, 0.2) is 91.0 Å². The molecule has 0 spiro atoms. The van der Waals surface area contributed by atoms with Gasteiger partial charge in [0.2, 0.25) is 0 Å². The average Bonchev–Trinajstić information content (AvgIpc) is 3.18. The van der Waals surface area contributed by atoms with Crippen LogP contribution in [0.3, 0.4) is 0 Å². The minimum atomic E-state index is 0.386. The predicted octanol–water partition coefficient (Wildman–Crippen LogP) is 6.83. The van der Waals surface area contributed by atoms with Crippen LogP contribution in [0.2, 0.25) is 0 Å². The molecule has 0 unspecified atom stereocenters. The summed E-state index contributed by atoms with van der Waals surface area (Å²) in [6.45, 7) is 0. The second-order valence-corrected chi connectivity index (χ2v) is 7.62. The molecular formula is C28H15N3. The van der Waals surface area contributed by atoms with Crippen molar-refractivity contribution in [3.8, 4) is 17.8 Å². The van der Waals surface area contributed by atoms with Crippen molar-refractivity contribution in [1.82, 2.24) is 4.57 Å². The first-order valence-electron chi connectivity index (χ1n) is 10.1. The van der Waals surface area contributed by atoms with Crippen molar-refractivity contribution in [2.24, 2.45) is 0 Å². The Balaban J connectivity index is 1.94. The van der Waals surface area contributed by atoms with E-state index >= 15 is 0 Å². The molecule has 0 saturated carbocycles. The normalized spacial score (nSPS) is 11.2. The molecule has 0 aliphatic heterocycles. The van der Waals surface area contributed by atoms with E-state index < -0.39 is 0 Å². The summed E-state index contributed by atoms with van der Waals surface area (Å²) in [5.41, 5.74) is 3.56. The molecule has 0 amide bonds. The van der Waals surface area contributed by atoms with E-state index in [0.717, 1.165) is 27.5 Å². The zero-order chi connectivity index (χ0) is 20.9. The molecule has 1 heterocycles. The van der Waals surface area contributed by atoms with Gasteiger partial charge in [-0.2, -0.15) is 10.5 Å². The highest BCUT2D eigenvalue weighted by atomic mass is 15.0. The van der Waals surface area contributed by atoms with Crippen molar-refractivity contribution >= 4 is 43.4 Å². The van der Waals surface area contributed by atoms with Gasteiger partial charge in [-0.1, -0.05) is 66.7 Å². The lowest BCUT2D eigenvalue weighted by molar-refractivity contribution is 1.16. The molecule has 0 N–H and O–H groups in total. The summed E-state index contributed by atoms with van der Waals surface area (Å²) in [6, 6.07) is 35.1. The number of nitrogens with zero attached hydrogens (tertiary/aromatic N) is 3. The van der Waals surface area contributed by atoms with Crippen molar-refractivity contribution in [2.45, 2.75) is 0 Å². The van der Waals surface area contributed by atoms with Crippen LogP contribution >= 0.6 is 0 Å². The molecule has 0 bridgehead atoms. The third kappa shape index (κ3) is 2.32. The summed E-state index contributed by atoms with van der Waals surface area (Å²) in [5.74, 6) is 0. The fraction of sp³-hybridized carbons (Fsp3) is 0. The van der Waals surface area contributed by atoms with Gasteiger partial charge in [0, 0.05) is 10.8 Å². The molecule has 3 heteroatoms. The highest BCUT2D eigenvalue weighted by Crippen LogP contribution is 2.40. The molecule has 142 valence electrons. The van der Waals surface area contributed by atoms with Gasteiger partial charge in [-0.05, 0) is 45.8 Å². The minimum absolute atomic E-state index is 0.386. The molecule has 6 aromatic rings. The van der Waals surface area contributed by atoms with E-state index in [0.29, 0.717) is 11.1 Å². The summed E-state index contributed by atoms with van der Waals surface area (Å²) in [4.78, 5) is 0. The van der Waals surface area contributed by atoms with Crippen LogP contribution in [0.1, 0.15) is 11.1 Å². The number of hydrogen-bond donors (Lipinski definition) is 0. The van der Waals surface area contributed by atoms with Gasteiger partial charge < -0.3 is 4.57 Å². The molecule has 0 aliphatic rings. The summed E-state index contributed by atoms with van der Waals surface area (Å²) >= 11 is 0. The van der Waals surface area contributed by atoms with Crippen molar-refractivity contribution in [2.75, 3.05) is 0 Å². The van der Waals surface area contributed by atoms with E-state index in [2.05, 4.69) is 89.5 Å². The highest BCUT2D eigenvalue weighted by molar-refractivity contribution is 6.28. The molecule has 0 radical (unpaired) electrons. The summed E-state index contributed by atoms with van der Waals surface area (Å²) in [5, 5.41) is 26.5. The van der Waals surface area contributed by atoms with Crippen molar-refractivity contribution in [3.05, 3.63) is 102 Å². The molecular weight excluding hydrogens is 378 g/mol. The quantitative estimate of drug-likeness (QED) is 0.307. The smallest absolute Gasteiger partial charge is 0.103 e. The topological polar surface area (TPSA) is 52.5 Å². The Morgan fingerprint density at radius 3 is 1.68 bits per heavy atom. The van der Waals surface area contributed by atoms with E-state index in [9.17, 15) is 10.5 Å². The predicted molar refractivity (Wildman–Crippen MR) is 125 cm³/mol. The van der Waals surface area contributed by atoms with Crippen LogP contribution in [0.25, 0.3) is 49.0 Å². The molecule has 5 aromatic carbocycles. The van der Waals surface area contributed by atoms with Gasteiger partial charge in [0.05, 0.1) is 27.8 Å². The lowest BCUT2D eigenvalue weighted by Crippen LogP contribution is -1.99. The Bertz CT molecular complexity index is 1660. The monoisotopic (exact) mass is 393 g/mol. The zero-order valence-corrected chi connectivity index (χ0v) is 16.5. The highest BCUT2D eigenvalue weighted by Gasteiger charge is 2.19. The largest absolute Gasteiger partial charge is 0.308 e. The fourth-order valence-electron chi connectivity index (χ4n) is 4.74. The van der Waals surface area contributed by atoms with Crippen molar-refractivity contribution < 1.29 is 0 Å². The van der Waals surface area contributed by atoms with Crippen LogP contribution in [0.4, 0.5) is 0 Å². The van der Waals surface area contributed by atoms with Crippen molar-refractivity contribution in [3.63, 3.8) is 0 Å². The molecule has 0 saturated heterocycles. The summed E-state index contributed by atoms with van der Waals surface area (Å²) in [6.07, 6.45) is 0. The van der Waals surface area contributed by atoms with Crippen LogP contribution in [-0.4, -0.2) is 4.57 Å². The second-order valence-electron chi connectivity index (χ2n) is 7.62. The average molecular weight is 393 g/mol. The van der Waals surface area contributed by atoms with Crippen LogP contribution in [-0.2, 0) is 0 Å². The number of rotatable bonds is 1. The maximum absolute atomic E-state index is 9.90. The van der Waals surface area contributed by atoms with Gasteiger partial charge in [-0.25, -0.2) is 0 Å². The second kappa shape index (κ2) is 6.46. The Kier molecular flexibility index (Phi) is 3.60. The molecule has 31 heavy (non-hydrogen) atoms. The number of benzene rings is 5. The van der Waals surface area contributed by atoms with Gasteiger partial charge in [0.1, 0.15) is 12.1 Å². The Morgan fingerprint density at radius 1 is 0.548 bits per heavy atom. The number of fused-ring (bicyclic) bond motifs is 7. The summed E-state index contributed by atoms with van der Waals surface area (Å²) in [7, 11) is 0. The van der Waals surface area contributed by atoms with Crippen LogP contribution < -0.4 is 0 Å². The Morgan fingerprint density at radius 2 is 1.13 bits per heavy atom. The first-order valence-corrected chi connectivity index (χ1v) is 10.1. The molecule has 6 rings (SSSR count). The van der Waals surface area contributed by atoms with Gasteiger partial charge in [0.25, 0.3) is 0 Å². The van der Waals surface area contributed by atoms with E-state index in [1.807, 2.05) is 12.1 Å². The van der Waals surface area contributed by atoms with E-state index in [1.54, 1.807) is 6.07 Å². The molecule has 3 nitrogen and oxygen atoms in total. The lowest BCUT2D eigenvalue weighted by atomic mass is 10.00. The van der Waals surface area contributed by atoms with Crippen molar-refractivity contribution in [1.29, 1.82) is 10.5 Å². The number of nitriles is 2. The number of hydrogen-bond acceptors (Lipinski definition) is 2. The number of aromatic nitrogens is 1. The molecule has 0 aliphatic carbocycles. The Labute approximate surface area is 178 Å². The Hall–Kier alpha value is -4.60. The van der Waals surface area contributed by atoms with Crippen LogP contribution in [0, 0.1) is 22.7 Å². The maximum Gasteiger partial charge on any atom is 0.103 e. The first kappa shape index (κ1) is 17.3. The van der Waals surface area contributed by atoms with E-state index in [1.165, 1.54) is 21.5 Å². The van der Waals surface area contributed by atoms with Gasteiger partial charge in [0.15, 0.2) is 0 Å². The molecule has 0 fully saturated rings. The zero-order valence-electron chi connectivity index (χ0n) is 16.5. The van der Waals surface area contributed by atoms with Gasteiger partial charge in [-0.15, -0.1) is 0 Å². The third-order valence-corrected chi connectivity index (χ3v) is 6.06. The minimum Gasteiger partial charge on any atom is -0.308 e. The molecule has 1 aromatic heterocycles. The molecule has 0 atom stereocenters. The third-order valence-electron chi connectivity index (χ3n) is 6.06. The lowest BCUT2D eigenvalue weighted by Gasteiger charge is -2.11. The first-order chi connectivity index (χ1) is 15.3. The maximum atomic E-state index is 9.90. The van der Waals surface area contributed by atoms with Crippen LogP contribution in [0.5, 0.6) is 0 Å². The van der Waals surface area contributed by atoms with Gasteiger partial charge >= 0.3 is 0 Å². The van der Waals surface area contributed by atoms with E-state index in [-0.39, 0.29) is 0 Å². The SMILES string of the molecule is N#Cc1cccc(-n2c3ccc4ccccc4c3c3c4ccccc4ccc32)c1C#N. The summed E-state index contributed by atoms with van der Waals surface area (Å²) < 4.78 is 2.13. The van der Waals surface area contributed by atoms with Gasteiger partial charge in [-0.3, -0.25) is 0 Å². The van der Waals surface area contributed by atoms with E-state index in [4.69, 9.17) is 0 Å².